The van der Waals surface area contributed by atoms with Crippen LogP contribution in [0.1, 0.15) is 111 Å². The number of amides is 1. The summed E-state index contributed by atoms with van der Waals surface area (Å²) in [5, 5.41) is 1.58. The van der Waals surface area contributed by atoms with Crippen molar-refractivity contribution >= 4 is 14.2 Å². The number of hydroxylamine groups is 2. The van der Waals surface area contributed by atoms with E-state index in [2.05, 4.69) is 52.9 Å². The second-order valence-corrected chi connectivity index (χ2v) is 15.2. The van der Waals surface area contributed by atoms with Crippen LogP contribution in [0.25, 0.3) is 0 Å². The molecule has 0 aliphatic carbocycles. The molecule has 0 bridgehead atoms. The van der Waals surface area contributed by atoms with E-state index in [9.17, 15) is 4.79 Å². The molecule has 184 valence electrons. The Balaban J connectivity index is 4.16. The smallest absolute Gasteiger partial charge is 0.245 e. The summed E-state index contributed by atoms with van der Waals surface area (Å²) >= 11 is 0. The van der Waals surface area contributed by atoms with Crippen LogP contribution < -0.4 is 0 Å². The van der Waals surface area contributed by atoms with E-state index in [0.29, 0.717) is 12.5 Å². The van der Waals surface area contributed by atoms with Gasteiger partial charge in [0.2, 0.25) is 5.91 Å². The lowest BCUT2D eigenvalue weighted by atomic mass is 10.1. The van der Waals surface area contributed by atoms with Gasteiger partial charge in [0.15, 0.2) is 8.32 Å². The maximum Gasteiger partial charge on any atom is 0.245 e. The zero-order valence-corrected chi connectivity index (χ0v) is 23.1. The number of hydrogen-bond donors (Lipinski definition) is 0. The fourth-order valence-electron chi connectivity index (χ4n) is 3.31. The van der Waals surface area contributed by atoms with Crippen molar-refractivity contribution in [3.63, 3.8) is 0 Å². The highest BCUT2D eigenvalue weighted by molar-refractivity contribution is 6.74. The highest BCUT2D eigenvalue weighted by atomic mass is 28.4. The maximum atomic E-state index is 11.7. The van der Waals surface area contributed by atoms with Crippen LogP contribution in [0.3, 0.4) is 0 Å². The third kappa shape index (κ3) is 14.9. The van der Waals surface area contributed by atoms with Crippen molar-refractivity contribution < 1.29 is 14.1 Å². The van der Waals surface area contributed by atoms with Gasteiger partial charge in [0.25, 0.3) is 0 Å². The van der Waals surface area contributed by atoms with Crippen molar-refractivity contribution in [1.82, 2.24) is 5.06 Å². The van der Waals surface area contributed by atoms with Crippen LogP contribution in [-0.4, -0.2) is 39.5 Å². The van der Waals surface area contributed by atoms with Crippen LogP contribution in [-0.2, 0) is 14.1 Å². The Morgan fingerprint density at radius 2 is 1.58 bits per heavy atom. The number of carbonyl (C=O) groups excluding carboxylic acids is 1. The van der Waals surface area contributed by atoms with Gasteiger partial charge in [0.1, 0.15) is 0 Å². The van der Waals surface area contributed by atoms with E-state index >= 15 is 0 Å². The minimum absolute atomic E-state index is 0.0644. The molecule has 0 rings (SSSR count). The minimum atomic E-state index is -1.72. The average molecular weight is 456 g/mol. The fourth-order valence-corrected chi connectivity index (χ4v) is 4.71. The van der Waals surface area contributed by atoms with Crippen molar-refractivity contribution in [2.45, 2.75) is 135 Å². The summed E-state index contributed by atoms with van der Waals surface area (Å²) < 4.78 is 6.75. The Kier molecular flexibility index (Phi) is 16.6. The third-order valence-electron chi connectivity index (χ3n) is 6.60. The Labute approximate surface area is 195 Å². The van der Waals surface area contributed by atoms with Crippen molar-refractivity contribution in [1.29, 1.82) is 0 Å². The Hall–Kier alpha value is -0.653. The molecule has 0 aromatic heterocycles. The summed E-state index contributed by atoms with van der Waals surface area (Å²) in [7, 11) is 1.48. The second kappa shape index (κ2) is 16.9. The Morgan fingerprint density at radius 3 is 2.19 bits per heavy atom. The van der Waals surface area contributed by atoms with Crippen LogP contribution in [0, 0.1) is 0 Å². The van der Waals surface area contributed by atoms with Crippen LogP contribution >= 0.6 is 0 Å². The topological polar surface area (TPSA) is 38.8 Å². The zero-order chi connectivity index (χ0) is 23.8. The first kappa shape index (κ1) is 30.3. The minimum Gasteiger partial charge on any atom is -0.414 e. The standard InChI is InChI=1S/C26H53NO3Si/c1-9-10-11-18-21-24(30-31(7,8)26(2,3)4)22-19-16-14-12-13-15-17-20-23-25(28)27(5)29-6/h16,19,24H,9-15,17-18,20-23H2,1-8H3/b19-16-/t24-/m1/s1. The molecule has 0 spiro atoms. The van der Waals surface area contributed by atoms with E-state index in [-0.39, 0.29) is 10.9 Å². The second-order valence-electron chi connectivity index (χ2n) is 10.4. The van der Waals surface area contributed by atoms with Crippen LogP contribution in [0.4, 0.5) is 0 Å². The van der Waals surface area contributed by atoms with E-state index in [0.717, 1.165) is 25.7 Å². The SMILES string of the molecule is CCCCCC[C@H](C/C=C\CCCCCCCC(=O)N(C)OC)O[Si](C)(C)C(C)(C)C. The molecule has 31 heavy (non-hydrogen) atoms. The molecule has 4 nitrogen and oxygen atoms in total. The van der Waals surface area contributed by atoms with E-state index in [4.69, 9.17) is 9.26 Å². The van der Waals surface area contributed by atoms with Gasteiger partial charge in [-0.3, -0.25) is 9.63 Å². The maximum absolute atomic E-state index is 11.7. The lowest BCUT2D eigenvalue weighted by Gasteiger charge is -2.39. The summed E-state index contributed by atoms with van der Waals surface area (Å²) in [5.41, 5.74) is 0. The van der Waals surface area contributed by atoms with E-state index in [1.165, 1.54) is 63.5 Å². The highest BCUT2D eigenvalue weighted by Gasteiger charge is 2.38. The highest BCUT2D eigenvalue weighted by Crippen LogP contribution is 2.38. The number of carbonyl (C=O) groups is 1. The molecule has 0 aromatic carbocycles. The van der Waals surface area contributed by atoms with E-state index < -0.39 is 8.32 Å². The molecule has 5 heteroatoms. The number of unbranched alkanes of at least 4 members (excludes halogenated alkanes) is 8. The Bertz CT molecular complexity index is 486. The predicted octanol–water partition coefficient (Wildman–Crippen LogP) is 8.04. The molecule has 0 aliphatic rings. The van der Waals surface area contributed by atoms with Crippen molar-refractivity contribution in [2.24, 2.45) is 0 Å². The number of allylic oxidation sites excluding steroid dienone is 1. The molecule has 0 saturated carbocycles. The van der Waals surface area contributed by atoms with Gasteiger partial charge in [0.05, 0.1) is 7.11 Å². The number of rotatable bonds is 18. The first-order valence-corrected chi connectivity index (χ1v) is 15.6. The summed E-state index contributed by atoms with van der Waals surface area (Å²) in [6.07, 6.45) is 20.0. The van der Waals surface area contributed by atoms with Gasteiger partial charge in [-0.05, 0) is 50.2 Å². The van der Waals surface area contributed by atoms with Gasteiger partial charge >= 0.3 is 0 Å². The molecule has 1 atom stereocenters. The molecule has 0 saturated heterocycles. The van der Waals surface area contributed by atoms with Crippen LogP contribution in [0.5, 0.6) is 0 Å². The monoisotopic (exact) mass is 455 g/mol. The third-order valence-corrected chi connectivity index (χ3v) is 11.1. The van der Waals surface area contributed by atoms with Gasteiger partial charge in [-0.1, -0.05) is 84.8 Å². The molecule has 0 heterocycles. The normalized spacial score (nSPS) is 13.7. The van der Waals surface area contributed by atoms with E-state index in [1.54, 1.807) is 7.05 Å². The predicted molar refractivity (Wildman–Crippen MR) is 137 cm³/mol. The van der Waals surface area contributed by atoms with Gasteiger partial charge in [0, 0.05) is 19.6 Å². The van der Waals surface area contributed by atoms with Gasteiger partial charge in [-0.15, -0.1) is 0 Å². The van der Waals surface area contributed by atoms with E-state index in [1.807, 2.05) is 0 Å². The average Bonchev–Trinajstić information content (AvgIpc) is 2.70. The fraction of sp³-hybridized carbons (Fsp3) is 0.885. The molecule has 0 fully saturated rings. The molecule has 0 unspecified atom stereocenters. The Morgan fingerprint density at radius 1 is 0.968 bits per heavy atom. The summed E-state index contributed by atoms with van der Waals surface area (Å²) in [5.74, 6) is 0.0644. The lowest BCUT2D eigenvalue weighted by Crippen LogP contribution is -2.43. The summed E-state index contributed by atoms with van der Waals surface area (Å²) in [6.45, 7) is 14.0. The summed E-state index contributed by atoms with van der Waals surface area (Å²) in [4.78, 5) is 16.6. The van der Waals surface area contributed by atoms with Crippen molar-refractivity contribution in [2.75, 3.05) is 14.2 Å². The molecule has 0 aliphatic heterocycles. The summed E-state index contributed by atoms with van der Waals surface area (Å²) in [6, 6.07) is 0. The number of nitrogens with zero attached hydrogens (tertiary/aromatic N) is 1. The largest absolute Gasteiger partial charge is 0.414 e. The molecule has 0 radical (unpaired) electrons. The quantitative estimate of drug-likeness (QED) is 0.0908. The van der Waals surface area contributed by atoms with Gasteiger partial charge in [-0.2, -0.15) is 0 Å². The number of hydrogen-bond acceptors (Lipinski definition) is 3. The molecular formula is C26H53NO3Si. The van der Waals surface area contributed by atoms with Crippen molar-refractivity contribution in [3.8, 4) is 0 Å². The zero-order valence-electron chi connectivity index (χ0n) is 22.1. The lowest BCUT2D eigenvalue weighted by molar-refractivity contribution is -0.168. The van der Waals surface area contributed by atoms with Gasteiger partial charge < -0.3 is 4.43 Å². The molecular weight excluding hydrogens is 402 g/mol. The molecule has 0 aromatic rings. The van der Waals surface area contributed by atoms with Crippen molar-refractivity contribution in [3.05, 3.63) is 12.2 Å². The molecule has 1 amide bonds. The van der Waals surface area contributed by atoms with Crippen LogP contribution in [0.15, 0.2) is 12.2 Å². The first-order valence-electron chi connectivity index (χ1n) is 12.7. The van der Waals surface area contributed by atoms with Gasteiger partial charge in [-0.25, -0.2) is 5.06 Å². The molecule has 0 N–H and O–H groups in total. The van der Waals surface area contributed by atoms with Crippen LogP contribution in [0.2, 0.25) is 18.1 Å². The first-order chi connectivity index (χ1) is 14.5.